The van der Waals surface area contributed by atoms with Gasteiger partial charge in [0, 0.05) is 32.3 Å². The van der Waals surface area contributed by atoms with E-state index in [0.717, 1.165) is 37.9 Å². The van der Waals surface area contributed by atoms with Crippen molar-refractivity contribution in [2.24, 2.45) is 5.41 Å². The second kappa shape index (κ2) is 7.08. The number of carbonyl (C=O) groups is 1. The third kappa shape index (κ3) is 4.61. The predicted molar refractivity (Wildman–Crippen MR) is 99.1 cm³/mol. The van der Waals surface area contributed by atoms with Gasteiger partial charge >= 0.3 is 0 Å². The van der Waals surface area contributed by atoms with Crippen molar-refractivity contribution in [3.8, 4) is 0 Å². The van der Waals surface area contributed by atoms with Gasteiger partial charge in [-0.25, -0.2) is 8.42 Å². The van der Waals surface area contributed by atoms with Gasteiger partial charge in [-0.2, -0.15) is 0 Å². The summed E-state index contributed by atoms with van der Waals surface area (Å²) in [5, 5.41) is 3.37. The van der Waals surface area contributed by atoms with E-state index < -0.39 is 9.84 Å². The van der Waals surface area contributed by atoms with Crippen LogP contribution in [0.15, 0.2) is 24.3 Å². The highest BCUT2D eigenvalue weighted by Crippen LogP contribution is 2.50. The molecular weight excluding hydrogens is 336 g/mol. The first-order valence-corrected chi connectivity index (χ1v) is 11.1. The van der Waals surface area contributed by atoms with Crippen molar-refractivity contribution in [2.45, 2.75) is 38.6 Å². The SMILES string of the molecule is CCc1ccc(C2CNCCN2C(=O)CC2(CS(C)(=O)=O)CC2)cc1. The van der Waals surface area contributed by atoms with Gasteiger partial charge in [-0.05, 0) is 35.8 Å². The molecule has 0 aromatic heterocycles. The predicted octanol–water partition coefficient (Wildman–Crippen LogP) is 1.94. The van der Waals surface area contributed by atoms with Crippen LogP contribution in [0.4, 0.5) is 0 Å². The number of hydrogen-bond acceptors (Lipinski definition) is 4. The zero-order valence-corrected chi connectivity index (χ0v) is 15.9. The summed E-state index contributed by atoms with van der Waals surface area (Å²) in [6.07, 6.45) is 4.30. The average Bonchev–Trinajstić information content (AvgIpc) is 3.31. The van der Waals surface area contributed by atoms with Gasteiger partial charge in [0.15, 0.2) is 0 Å². The lowest BCUT2D eigenvalue weighted by Crippen LogP contribution is -2.49. The average molecular weight is 365 g/mol. The van der Waals surface area contributed by atoms with Crippen molar-refractivity contribution in [2.75, 3.05) is 31.6 Å². The Balaban J connectivity index is 1.73. The molecule has 1 aliphatic carbocycles. The minimum Gasteiger partial charge on any atom is -0.333 e. The van der Waals surface area contributed by atoms with Crippen molar-refractivity contribution >= 4 is 15.7 Å². The number of rotatable bonds is 6. The molecule has 0 radical (unpaired) electrons. The zero-order valence-electron chi connectivity index (χ0n) is 15.1. The van der Waals surface area contributed by atoms with Gasteiger partial charge in [-0.1, -0.05) is 31.2 Å². The standard InChI is InChI=1S/C19H28N2O3S/c1-3-15-4-6-16(7-5-15)17-13-20-10-11-21(17)18(22)12-19(8-9-19)14-25(2,23)24/h4-7,17,20H,3,8-14H2,1-2H3. The molecule has 1 N–H and O–H groups in total. The molecular formula is C19H28N2O3S. The second-order valence-corrected chi connectivity index (χ2v) is 9.79. The topological polar surface area (TPSA) is 66.5 Å². The first-order chi connectivity index (χ1) is 11.8. The maximum atomic E-state index is 12.9. The highest BCUT2D eigenvalue weighted by molar-refractivity contribution is 7.90. The lowest BCUT2D eigenvalue weighted by atomic mass is 9.98. The summed E-state index contributed by atoms with van der Waals surface area (Å²) in [4.78, 5) is 14.9. The molecule has 1 saturated carbocycles. The molecule has 1 aromatic carbocycles. The van der Waals surface area contributed by atoms with Crippen LogP contribution in [0, 0.1) is 5.41 Å². The Morgan fingerprint density at radius 1 is 1.28 bits per heavy atom. The van der Waals surface area contributed by atoms with Gasteiger partial charge in [0.2, 0.25) is 5.91 Å². The van der Waals surface area contributed by atoms with Crippen LogP contribution in [0.2, 0.25) is 0 Å². The summed E-state index contributed by atoms with van der Waals surface area (Å²) in [7, 11) is -3.05. The van der Waals surface area contributed by atoms with Gasteiger partial charge in [0.1, 0.15) is 9.84 Å². The summed E-state index contributed by atoms with van der Waals surface area (Å²) in [5.41, 5.74) is 2.12. The number of hydrogen-bond donors (Lipinski definition) is 1. The number of carbonyl (C=O) groups excluding carboxylic acids is 1. The molecule has 1 amide bonds. The number of nitrogens with zero attached hydrogens (tertiary/aromatic N) is 1. The Kier molecular flexibility index (Phi) is 5.21. The van der Waals surface area contributed by atoms with Crippen LogP contribution in [-0.2, 0) is 21.1 Å². The van der Waals surface area contributed by atoms with Crippen LogP contribution in [-0.4, -0.2) is 50.9 Å². The lowest BCUT2D eigenvalue weighted by molar-refractivity contribution is -0.135. The fourth-order valence-corrected chi connectivity index (χ4v) is 5.31. The van der Waals surface area contributed by atoms with E-state index in [-0.39, 0.29) is 23.1 Å². The first kappa shape index (κ1) is 18.4. The van der Waals surface area contributed by atoms with Crippen LogP contribution in [0.3, 0.4) is 0 Å². The van der Waals surface area contributed by atoms with E-state index in [1.165, 1.54) is 11.8 Å². The fourth-order valence-electron chi connectivity index (χ4n) is 3.80. The molecule has 0 spiro atoms. The van der Waals surface area contributed by atoms with E-state index in [1.807, 2.05) is 4.90 Å². The summed E-state index contributed by atoms with van der Waals surface area (Å²) >= 11 is 0. The van der Waals surface area contributed by atoms with Crippen molar-refractivity contribution in [3.63, 3.8) is 0 Å². The summed E-state index contributed by atoms with van der Waals surface area (Å²) in [5.74, 6) is 0.223. The van der Waals surface area contributed by atoms with Crippen LogP contribution in [0.1, 0.15) is 43.4 Å². The molecule has 1 aromatic rings. The maximum absolute atomic E-state index is 12.9. The third-order valence-electron chi connectivity index (χ3n) is 5.39. The Morgan fingerprint density at radius 2 is 1.96 bits per heavy atom. The number of benzene rings is 1. The summed E-state index contributed by atoms with van der Waals surface area (Å²) in [6.45, 7) is 4.34. The van der Waals surface area contributed by atoms with E-state index in [1.54, 1.807) is 0 Å². The van der Waals surface area contributed by atoms with Crippen LogP contribution in [0.5, 0.6) is 0 Å². The number of amides is 1. The number of aryl methyl sites for hydroxylation is 1. The molecule has 0 bridgehead atoms. The van der Waals surface area contributed by atoms with Crippen molar-refractivity contribution in [1.29, 1.82) is 0 Å². The largest absolute Gasteiger partial charge is 0.333 e. The van der Waals surface area contributed by atoms with E-state index >= 15 is 0 Å². The molecule has 1 unspecified atom stereocenters. The number of sulfone groups is 1. The van der Waals surface area contributed by atoms with E-state index in [9.17, 15) is 13.2 Å². The summed E-state index contributed by atoms with van der Waals surface area (Å²) in [6, 6.07) is 8.50. The van der Waals surface area contributed by atoms with Gasteiger partial charge in [0.25, 0.3) is 0 Å². The Labute approximate surface area is 150 Å². The molecule has 2 fully saturated rings. The van der Waals surface area contributed by atoms with Crippen molar-refractivity contribution < 1.29 is 13.2 Å². The minimum atomic E-state index is -3.05. The normalized spacial score (nSPS) is 22.6. The Hall–Kier alpha value is -1.40. The quantitative estimate of drug-likeness (QED) is 0.838. The van der Waals surface area contributed by atoms with Gasteiger partial charge < -0.3 is 10.2 Å². The van der Waals surface area contributed by atoms with E-state index in [2.05, 4.69) is 36.5 Å². The Morgan fingerprint density at radius 3 is 2.52 bits per heavy atom. The highest BCUT2D eigenvalue weighted by atomic mass is 32.2. The Bertz CT molecular complexity index is 724. The fraction of sp³-hybridized carbons (Fsp3) is 0.632. The smallest absolute Gasteiger partial charge is 0.223 e. The van der Waals surface area contributed by atoms with Crippen LogP contribution < -0.4 is 5.32 Å². The molecule has 1 aliphatic heterocycles. The highest BCUT2D eigenvalue weighted by Gasteiger charge is 2.48. The van der Waals surface area contributed by atoms with Crippen molar-refractivity contribution in [3.05, 3.63) is 35.4 Å². The minimum absolute atomic E-state index is 0.0289. The molecule has 1 saturated heterocycles. The van der Waals surface area contributed by atoms with Gasteiger partial charge in [-0.3, -0.25) is 4.79 Å². The van der Waals surface area contributed by atoms with Gasteiger partial charge in [-0.15, -0.1) is 0 Å². The van der Waals surface area contributed by atoms with E-state index in [0.29, 0.717) is 13.0 Å². The van der Waals surface area contributed by atoms with Crippen molar-refractivity contribution in [1.82, 2.24) is 10.2 Å². The number of piperazine rings is 1. The van der Waals surface area contributed by atoms with E-state index in [4.69, 9.17) is 0 Å². The van der Waals surface area contributed by atoms with Crippen LogP contribution >= 0.6 is 0 Å². The molecule has 6 heteroatoms. The third-order valence-corrected chi connectivity index (χ3v) is 6.52. The molecule has 2 aliphatic rings. The number of nitrogens with one attached hydrogen (secondary N) is 1. The molecule has 1 atom stereocenters. The monoisotopic (exact) mass is 364 g/mol. The molecule has 3 rings (SSSR count). The summed E-state index contributed by atoms with van der Waals surface area (Å²) < 4.78 is 23.3. The molecule has 1 heterocycles. The second-order valence-electron chi connectivity index (χ2n) is 7.65. The first-order valence-electron chi connectivity index (χ1n) is 9.09. The molecule has 138 valence electrons. The lowest BCUT2D eigenvalue weighted by Gasteiger charge is -2.37. The van der Waals surface area contributed by atoms with Gasteiger partial charge in [0.05, 0.1) is 11.8 Å². The maximum Gasteiger partial charge on any atom is 0.223 e. The van der Waals surface area contributed by atoms with Crippen LogP contribution in [0.25, 0.3) is 0 Å². The zero-order chi connectivity index (χ0) is 18.1. The molecule has 5 nitrogen and oxygen atoms in total. The molecule has 25 heavy (non-hydrogen) atoms.